The van der Waals surface area contributed by atoms with Crippen LogP contribution in [0.4, 0.5) is 0 Å². The number of nitrogens with zero attached hydrogens (tertiary/aromatic N) is 1. The van der Waals surface area contributed by atoms with E-state index in [1.54, 1.807) is 0 Å². The number of rotatable bonds is 3. The molecule has 0 spiro atoms. The van der Waals surface area contributed by atoms with E-state index in [-0.39, 0.29) is 11.2 Å². The molecule has 0 bridgehead atoms. The van der Waals surface area contributed by atoms with Crippen molar-refractivity contribution in [1.29, 1.82) is 0 Å². The van der Waals surface area contributed by atoms with E-state index < -0.39 is 11.4 Å². The zero-order valence-corrected chi connectivity index (χ0v) is 13.1. The summed E-state index contributed by atoms with van der Waals surface area (Å²) in [4.78, 5) is 14.0. The highest BCUT2D eigenvalue weighted by Crippen LogP contribution is 2.35. The van der Waals surface area contributed by atoms with Gasteiger partial charge in [0.25, 0.3) is 0 Å². The van der Waals surface area contributed by atoms with Crippen LogP contribution in [0.3, 0.4) is 0 Å². The Morgan fingerprint density at radius 2 is 1.60 bits per heavy atom. The molecule has 5 nitrogen and oxygen atoms in total. The molecule has 0 amide bonds. The Morgan fingerprint density at radius 3 is 2.05 bits per heavy atom. The van der Waals surface area contributed by atoms with Gasteiger partial charge < -0.3 is 14.6 Å². The molecule has 1 N–H and O–H groups in total. The van der Waals surface area contributed by atoms with Gasteiger partial charge in [-0.2, -0.15) is 0 Å². The summed E-state index contributed by atoms with van der Waals surface area (Å²) in [5, 5.41) is 9.67. The van der Waals surface area contributed by atoms with Gasteiger partial charge in [-0.05, 0) is 40.5 Å². The van der Waals surface area contributed by atoms with Crippen molar-refractivity contribution in [3.8, 4) is 0 Å². The summed E-state index contributed by atoms with van der Waals surface area (Å²) >= 11 is 0. The van der Waals surface area contributed by atoms with Crippen molar-refractivity contribution >= 4 is 5.97 Å². The first kappa shape index (κ1) is 15.7. The first-order valence-electron chi connectivity index (χ1n) is 7.38. The summed E-state index contributed by atoms with van der Waals surface area (Å²) in [6, 6.07) is 0. The second-order valence-electron chi connectivity index (χ2n) is 7.46. The maximum atomic E-state index is 11.8. The molecule has 2 heterocycles. The summed E-state index contributed by atoms with van der Waals surface area (Å²) in [5.41, 5.74) is -1.15. The van der Waals surface area contributed by atoms with Gasteiger partial charge in [0.05, 0.1) is 16.6 Å². The zero-order chi connectivity index (χ0) is 15.0. The molecule has 0 aromatic heterocycles. The predicted molar refractivity (Wildman–Crippen MR) is 75.8 cm³/mol. The number of morpholine rings is 1. The third kappa shape index (κ3) is 3.51. The highest BCUT2D eigenvalue weighted by Gasteiger charge is 2.45. The summed E-state index contributed by atoms with van der Waals surface area (Å²) < 4.78 is 11.4. The minimum Gasteiger partial charge on any atom is -0.481 e. The molecule has 0 aliphatic carbocycles. The zero-order valence-electron chi connectivity index (χ0n) is 13.1. The fraction of sp³-hybridized carbons (Fsp3) is 0.933. The van der Waals surface area contributed by atoms with Crippen molar-refractivity contribution in [3.63, 3.8) is 0 Å². The lowest BCUT2D eigenvalue weighted by Crippen LogP contribution is -2.60. The van der Waals surface area contributed by atoms with Crippen LogP contribution in [-0.2, 0) is 14.3 Å². The van der Waals surface area contributed by atoms with E-state index in [2.05, 4.69) is 32.6 Å². The van der Waals surface area contributed by atoms with Gasteiger partial charge in [0.2, 0.25) is 0 Å². The van der Waals surface area contributed by atoms with Crippen molar-refractivity contribution in [3.05, 3.63) is 0 Å². The topological polar surface area (TPSA) is 59.0 Å². The van der Waals surface area contributed by atoms with E-state index >= 15 is 0 Å². The summed E-state index contributed by atoms with van der Waals surface area (Å²) in [6.07, 6.45) is 1.20. The quantitative estimate of drug-likeness (QED) is 0.856. The molecule has 2 saturated heterocycles. The molecular formula is C15H27NO4. The molecule has 0 aromatic carbocycles. The Hall–Kier alpha value is -0.650. The molecule has 2 aliphatic heterocycles. The first-order valence-corrected chi connectivity index (χ1v) is 7.38. The maximum absolute atomic E-state index is 11.8. The first-order chi connectivity index (χ1) is 9.14. The Bertz CT molecular complexity index is 356. The van der Waals surface area contributed by atoms with Gasteiger partial charge in [0.1, 0.15) is 0 Å². The standard InChI is InChI=1S/C15H27NO4/c1-13(2)9-16(10-14(3,4)20-13)11-15(12(17)18)5-7-19-8-6-15/h5-11H2,1-4H3,(H,17,18). The third-order valence-electron chi connectivity index (χ3n) is 4.19. The fourth-order valence-electron chi connectivity index (χ4n) is 3.69. The van der Waals surface area contributed by atoms with Crippen LogP contribution in [0.15, 0.2) is 0 Å². The van der Waals surface area contributed by atoms with Crippen LogP contribution in [-0.4, -0.2) is 60.0 Å². The van der Waals surface area contributed by atoms with Crippen LogP contribution >= 0.6 is 0 Å². The summed E-state index contributed by atoms with van der Waals surface area (Å²) in [6.45, 7) is 11.5. The fourth-order valence-corrected chi connectivity index (χ4v) is 3.69. The number of aliphatic carboxylic acids is 1. The number of ether oxygens (including phenoxy) is 2. The van der Waals surface area contributed by atoms with Crippen LogP contribution < -0.4 is 0 Å². The summed E-state index contributed by atoms with van der Waals surface area (Å²) in [5.74, 6) is -0.692. The molecule has 2 fully saturated rings. The van der Waals surface area contributed by atoms with Crippen molar-refractivity contribution in [2.24, 2.45) is 5.41 Å². The highest BCUT2D eigenvalue weighted by molar-refractivity contribution is 5.75. The smallest absolute Gasteiger partial charge is 0.311 e. The number of hydrogen-bond acceptors (Lipinski definition) is 4. The van der Waals surface area contributed by atoms with E-state index in [4.69, 9.17) is 9.47 Å². The predicted octanol–water partition coefficient (Wildman–Crippen LogP) is 1.76. The molecule has 2 rings (SSSR count). The van der Waals surface area contributed by atoms with Crippen LogP contribution in [0.1, 0.15) is 40.5 Å². The molecule has 0 atom stereocenters. The van der Waals surface area contributed by atoms with Crippen molar-refractivity contribution in [1.82, 2.24) is 4.90 Å². The number of carboxylic acid groups (broad SMARTS) is 1. The maximum Gasteiger partial charge on any atom is 0.311 e. The molecular weight excluding hydrogens is 258 g/mol. The average molecular weight is 285 g/mol. The van der Waals surface area contributed by atoms with Crippen molar-refractivity contribution in [2.45, 2.75) is 51.7 Å². The van der Waals surface area contributed by atoms with Crippen LogP contribution in [0.5, 0.6) is 0 Å². The van der Waals surface area contributed by atoms with Gasteiger partial charge in [-0.25, -0.2) is 0 Å². The highest BCUT2D eigenvalue weighted by atomic mass is 16.5. The molecule has 2 aliphatic rings. The second kappa shape index (κ2) is 5.28. The monoisotopic (exact) mass is 285 g/mol. The Kier molecular flexibility index (Phi) is 4.15. The Morgan fingerprint density at radius 1 is 1.10 bits per heavy atom. The lowest BCUT2D eigenvalue weighted by Gasteiger charge is -2.49. The largest absolute Gasteiger partial charge is 0.481 e. The van der Waals surface area contributed by atoms with Gasteiger partial charge in [0, 0.05) is 32.8 Å². The lowest BCUT2D eigenvalue weighted by atomic mass is 9.79. The molecule has 0 saturated carbocycles. The molecule has 116 valence electrons. The van der Waals surface area contributed by atoms with Crippen LogP contribution in [0.2, 0.25) is 0 Å². The normalized spacial score (nSPS) is 29.0. The SMILES string of the molecule is CC1(C)CN(CC2(C(=O)O)CCOCC2)CC(C)(C)O1. The lowest BCUT2D eigenvalue weighted by molar-refractivity contribution is -0.191. The van der Waals surface area contributed by atoms with E-state index in [0.29, 0.717) is 32.6 Å². The van der Waals surface area contributed by atoms with Gasteiger partial charge in [-0.15, -0.1) is 0 Å². The molecule has 0 unspecified atom stereocenters. The Balaban J connectivity index is 2.12. The minimum atomic E-state index is -0.692. The van der Waals surface area contributed by atoms with E-state index in [1.165, 1.54) is 0 Å². The molecule has 5 heteroatoms. The van der Waals surface area contributed by atoms with E-state index in [1.807, 2.05) is 0 Å². The average Bonchev–Trinajstić information content (AvgIpc) is 2.25. The van der Waals surface area contributed by atoms with Crippen molar-refractivity contribution < 1.29 is 19.4 Å². The number of hydrogen-bond donors (Lipinski definition) is 1. The molecule has 0 aromatic rings. The summed E-state index contributed by atoms with van der Waals surface area (Å²) in [7, 11) is 0. The van der Waals surface area contributed by atoms with Crippen molar-refractivity contribution in [2.75, 3.05) is 32.8 Å². The Labute approximate surface area is 121 Å². The number of carboxylic acids is 1. The van der Waals surface area contributed by atoms with Gasteiger partial charge in [-0.3, -0.25) is 9.69 Å². The van der Waals surface area contributed by atoms with Crippen LogP contribution in [0.25, 0.3) is 0 Å². The molecule has 0 radical (unpaired) electrons. The van der Waals surface area contributed by atoms with E-state index in [0.717, 1.165) is 13.1 Å². The van der Waals surface area contributed by atoms with E-state index in [9.17, 15) is 9.90 Å². The van der Waals surface area contributed by atoms with Gasteiger partial charge in [-0.1, -0.05) is 0 Å². The van der Waals surface area contributed by atoms with Gasteiger partial charge >= 0.3 is 5.97 Å². The molecule has 20 heavy (non-hydrogen) atoms. The second-order valence-corrected chi connectivity index (χ2v) is 7.46. The van der Waals surface area contributed by atoms with Gasteiger partial charge in [0.15, 0.2) is 0 Å². The minimum absolute atomic E-state index is 0.243. The van der Waals surface area contributed by atoms with Crippen LogP contribution in [0, 0.1) is 5.41 Å². The third-order valence-corrected chi connectivity index (χ3v) is 4.19. The number of carbonyl (C=O) groups is 1.